The summed E-state index contributed by atoms with van der Waals surface area (Å²) >= 11 is 0. The van der Waals surface area contributed by atoms with Crippen LogP contribution in [0.3, 0.4) is 0 Å². The van der Waals surface area contributed by atoms with Gasteiger partial charge in [-0.2, -0.15) is 0 Å². The highest BCUT2D eigenvalue weighted by Crippen LogP contribution is 2.13. The summed E-state index contributed by atoms with van der Waals surface area (Å²) in [5.74, 6) is -1.11. The maximum Gasteiger partial charge on any atom is 0.451 e. The molecule has 0 fully saturated rings. The Morgan fingerprint density at radius 2 is 2.06 bits per heavy atom. The Morgan fingerprint density at radius 3 is 2.50 bits per heavy atom. The molecule has 0 saturated heterocycles. The van der Waals surface area contributed by atoms with E-state index in [0.29, 0.717) is 12.8 Å². The second-order valence-electron chi connectivity index (χ2n) is 4.65. The molecule has 2 unspecified atom stereocenters. The highest BCUT2D eigenvalue weighted by Gasteiger charge is 2.33. The molecule has 0 bridgehead atoms. The maximum absolute atomic E-state index is 11.1. The summed E-state index contributed by atoms with van der Waals surface area (Å²) < 4.78 is 0. The van der Waals surface area contributed by atoms with E-state index in [2.05, 4.69) is 5.32 Å². The maximum atomic E-state index is 11.1. The number of aliphatic carboxylic acids is 1. The van der Waals surface area contributed by atoms with Crippen molar-refractivity contribution in [3.63, 3.8) is 0 Å². The molecule has 0 aliphatic rings. The van der Waals surface area contributed by atoms with Gasteiger partial charge in [0.25, 0.3) is 0 Å². The highest BCUT2D eigenvalue weighted by atomic mass is 16.4. The van der Waals surface area contributed by atoms with Gasteiger partial charge in [0.1, 0.15) is 5.54 Å². The molecule has 0 aromatic rings. The molecule has 0 radical (unpaired) electrons. The van der Waals surface area contributed by atoms with Gasteiger partial charge in [-0.25, -0.2) is 0 Å². The Morgan fingerprint density at radius 1 is 1.44 bits per heavy atom. The molecule has 2 atom stereocenters. The lowest BCUT2D eigenvalue weighted by Crippen LogP contribution is -2.56. The summed E-state index contributed by atoms with van der Waals surface area (Å²) in [5, 5.41) is 38.1. The van der Waals surface area contributed by atoms with Crippen molar-refractivity contribution in [2.75, 3.05) is 13.2 Å². The number of rotatable bonds is 10. The van der Waals surface area contributed by atoms with Gasteiger partial charge in [0.15, 0.2) is 0 Å². The van der Waals surface area contributed by atoms with Gasteiger partial charge in [0, 0.05) is 12.6 Å². The van der Waals surface area contributed by atoms with Crippen molar-refractivity contribution in [1.29, 1.82) is 0 Å². The second-order valence-corrected chi connectivity index (χ2v) is 4.65. The van der Waals surface area contributed by atoms with Crippen LogP contribution in [-0.4, -0.2) is 58.1 Å². The molecule has 106 valence electrons. The average molecular weight is 262 g/mol. The molecule has 0 amide bonds. The first-order chi connectivity index (χ1) is 8.31. The van der Waals surface area contributed by atoms with E-state index in [-0.39, 0.29) is 31.9 Å². The minimum absolute atomic E-state index is 0.0612. The van der Waals surface area contributed by atoms with Gasteiger partial charge in [0.05, 0.1) is 6.61 Å². The van der Waals surface area contributed by atoms with Gasteiger partial charge >= 0.3 is 13.1 Å². The molecular formula is C10H23BN2O5. The van der Waals surface area contributed by atoms with Crippen molar-refractivity contribution in [2.24, 2.45) is 5.73 Å². The Hall–Kier alpha value is -0.665. The average Bonchev–Trinajstić information content (AvgIpc) is 2.31. The molecule has 0 aliphatic carbocycles. The Labute approximate surface area is 107 Å². The largest absolute Gasteiger partial charge is 0.480 e. The molecule has 7 nitrogen and oxygen atoms in total. The van der Waals surface area contributed by atoms with Crippen molar-refractivity contribution in [3.8, 4) is 0 Å². The summed E-state index contributed by atoms with van der Waals surface area (Å²) in [5.41, 5.74) is 4.39. The van der Waals surface area contributed by atoms with Crippen molar-refractivity contribution < 1.29 is 25.1 Å². The van der Waals surface area contributed by atoms with E-state index in [4.69, 9.17) is 26.0 Å². The lowest BCUT2D eigenvalue weighted by atomic mass is 9.82. The lowest BCUT2D eigenvalue weighted by Gasteiger charge is -2.26. The van der Waals surface area contributed by atoms with Gasteiger partial charge in [-0.1, -0.05) is 12.8 Å². The third-order valence-corrected chi connectivity index (χ3v) is 2.80. The van der Waals surface area contributed by atoms with Crippen molar-refractivity contribution in [3.05, 3.63) is 0 Å². The SMILES string of the molecule is CC(CO)NCC(N)(CCCCB(O)O)C(=O)O. The predicted octanol–water partition coefficient (Wildman–Crippen LogP) is -1.62. The lowest BCUT2D eigenvalue weighted by molar-refractivity contribution is -0.143. The van der Waals surface area contributed by atoms with Crippen LogP contribution in [0.15, 0.2) is 0 Å². The molecule has 7 N–H and O–H groups in total. The van der Waals surface area contributed by atoms with Gasteiger partial charge in [-0.15, -0.1) is 0 Å². The smallest absolute Gasteiger partial charge is 0.451 e. The third-order valence-electron chi connectivity index (χ3n) is 2.80. The molecule has 0 aromatic heterocycles. The summed E-state index contributed by atoms with van der Waals surface area (Å²) in [6, 6.07) is -0.216. The monoisotopic (exact) mass is 262 g/mol. The Kier molecular flexibility index (Phi) is 8.13. The molecule has 0 rings (SSSR count). The Balaban J connectivity index is 4.13. The fraction of sp³-hybridized carbons (Fsp3) is 0.900. The number of hydrogen-bond acceptors (Lipinski definition) is 6. The summed E-state index contributed by atoms with van der Waals surface area (Å²) in [6.45, 7) is 1.70. The van der Waals surface area contributed by atoms with Crippen molar-refractivity contribution >= 4 is 13.1 Å². The van der Waals surface area contributed by atoms with Gasteiger partial charge in [-0.3, -0.25) is 4.79 Å². The van der Waals surface area contributed by atoms with Gasteiger partial charge < -0.3 is 31.3 Å². The fourth-order valence-corrected chi connectivity index (χ4v) is 1.46. The Bertz CT molecular complexity index is 254. The number of aliphatic hydroxyl groups excluding tert-OH is 1. The first-order valence-electron chi connectivity index (χ1n) is 6.04. The van der Waals surface area contributed by atoms with Crippen molar-refractivity contribution in [2.45, 2.75) is 44.1 Å². The van der Waals surface area contributed by atoms with Crippen LogP contribution in [0.25, 0.3) is 0 Å². The van der Waals surface area contributed by atoms with E-state index in [1.807, 2.05) is 0 Å². The first-order valence-corrected chi connectivity index (χ1v) is 6.04. The molecule has 0 aliphatic heterocycles. The molecule has 0 aromatic carbocycles. The first kappa shape index (κ1) is 17.3. The number of hydrogen-bond donors (Lipinski definition) is 6. The minimum atomic E-state index is -1.40. The van der Waals surface area contributed by atoms with Gasteiger partial charge in [0.2, 0.25) is 0 Å². The van der Waals surface area contributed by atoms with Crippen LogP contribution in [0.5, 0.6) is 0 Å². The predicted molar refractivity (Wildman–Crippen MR) is 68.0 cm³/mol. The zero-order valence-corrected chi connectivity index (χ0v) is 10.7. The van der Waals surface area contributed by atoms with E-state index in [9.17, 15) is 4.79 Å². The molecule has 0 saturated carbocycles. The number of carboxylic acid groups (broad SMARTS) is 1. The van der Waals surface area contributed by atoms with Crippen LogP contribution >= 0.6 is 0 Å². The summed E-state index contributed by atoms with van der Waals surface area (Å²) in [4.78, 5) is 11.1. The van der Waals surface area contributed by atoms with Crippen LogP contribution in [0.2, 0.25) is 6.32 Å². The number of nitrogens with one attached hydrogen (secondary N) is 1. The number of nitrogens with two attached hydrogens (primary N) is 1. The van der Waals surface area contributed by atoms with E-state index in [0.717, 1.165) is 0 Å². The van der Waals surface area contributed by atoms with E-state index in [1.54, 1.807) is 6.92 Å². The zero-order chi connectivity index (χ0) is 14.2. The molecule has 8 heteroatoms. The minimum Gasteiger partial charge on any atom is -0.480 e. The highest BCUT2D eigenvalue weighted by molar-refractivity contribution is 6.40. The van der Waals surface area contributed by atoms with Crippen LogP contribution in [0.4, 0.5) is 0 Å². The van der Waals surface area contributed by atoms with E-state index < -0.39 is 18.6 Å². The zero-order valence-electron chi connectivity index (χ0n) is 10.7. The second kappa shape index (κ2) is 8.44. The topological polar surface area (TPSA) is 136 Å². The molecule has 18 heavy (non-hydrogen) atoms. The molecule has 0 heterocycles. The number of unbranched alkanes of at least 4 members (excludes halogenated alkanes) is 1. The summed E-state index contributed by atoms with van der Waals surface area (Å²) in [6.07, 6.45) is 1.44. The number of carbonyl (C=O) groups is 1. The number of aliphatic hydroxyl groups is 1. The van der Waals surface area contributed by atoms with Crippen LogP contribution in [-0.2, 0) is 4.79 Å². The standard InChI is InChI=1S/C10H23BN2O5/c1-8(6-14)13-7-10(12,9(15)16)4-2-3-5-11(17)18/h8,13-14,17-18H,2-7,12H2,1H3,(H,15,16). The quantitative estimate of drug-likeness (QED) is 0.206. The van der Waals surface area contributed by atoms with Crippen LogP contribution < -0.4 is 11.1 Å². The normalized spacial score (nSPS) is 16.1. The molecular weight excluding hydrogens is 239 g/mol. The van der Waals surface area contributed by atoms with E-state index >= 15 is 0 Å². The number of carboxylic acids is 1. The van der Waals surface area contributed by atoms with E-state index in [1.165, 1.54) is 0 Å². The molecule has 0 spiro atoms. The van der Waals surface area contributed by atoms with Crippen molar-refractivity contribution in [1.82, 2.24) is 5.32 Å². The fourth-order valence-electron chi connectivity index (χ4n) is 1.46. The van der Waals surface area contributed by atoms with Gasteiger partial charge in [-0.05, 0) is 19.7 Å². The third kappa shape index (κ3) is 6.92. The summed E-state index contributed by atoms with van der Waals surface area (Å²) in [7, 11) is -1.37. The van der Waals surface area contributed by atoms with Crippen LogP contribution in [0.1, 0.15) is 26.2 Å². The van der Waals surface area contributed by atoms with Crippen LogP contribution in [0, 0.1) is 0 Å².